The molecule has 0 amide bonds. The minimum atomic E-state index is -0.156. The first-order valence-corrected chi connectivity index (χ1v) is 9.49. The Bertz CT molecular complexity index is 1380. The third kappa shape index (κ3) is 2.52. The van der Waals surface area contributed by atoms with E-state index in [9.17, 15) is 5.11 Å². The molecular weight excluding hydrogens is 378 g/mol. The standard InChI is InChI=1S/C23H15N5O2/c29-16-6-7-17-18(12-16)30-23-20(19(17)14-4-2-1-3-5-14)22-26-21(27-28(22)13-25-23)15-8-10-24-11-9-15/h1-13,19,29H. The molecule has 3 aromatic heterocycles. The van der Waals surface area contributed by atoms with Gasteiger partial charge in [0, 0.05) is 35.5 Å². The molecular formula is C23H15N5O2. The number of nitrogens with zero attached hydrogens (tertiary/aromatic N) is 5. The molecule has 1 unspecified atom stereocenters. The fraction of sp³-hybridized carbons (Fsp3) is 0.0435. The van der Waals surface area contributed by atoms with Crippen molar-refractivity contribution in [3.63, 3.8) is 0 Å². The second-order valence-corrected chi connectivity index (χ2v) is 7.07. The quantitative estimate of drug-likeness (QED) is 0.475. The van der Waals surface area contributed by atoms with Crippen LogP contribution in [0.1, 0.15) is 22.6 Å². The maximum atomic E-state index is 9.96. The zero-order valence-electron chi connectivity index (χ0n) is 15.7. The van der Waals surface area contributed by atoms with Crippen molar-refractivity contribution in [3.8, 4) is 28.8 Å². The Morgan fingerprint density at radius 2 is 1.80 bits per heavy atom. The molecule has 1 aliphatic heterocycles. The van der Waals surface area contributed by atoms with Gasteiger partial charge < -0.3 is 9.84 Å². The van der Waals surface area contributed by atoms with E-state index in [-0.39, 0.29) is 11.7 Å². The van der Waals surface area contributed by atoms with Crippen molar-refractivity contribution >= 4 is 5.65 Å². The zero-order chi connectivity index (χ0) is 20.1. The fourth-order valence-electron chi connectivity index (χ4n) is 3.92. The minimum absolute atomic E-state index is 0.146. The number of phenols is 1. The van der Waals surface area contributed by atoms with Crippen molar-refractivity contribution < 1.29 is 9.84 Å². The monoisotopic (exact) mass is 393 g/mol. The molecule has 7 heteroatoms. The van der Waals surface area contributed by atoms with E-state index in [4.69, 9.17) is 9.72 Å². The van der Waals surface area contributed by atoms with Gasteiger partial charge in [-0.25, -0.2) is 14.5 Å². The lowest BCUT2D eigenvalue weighted by atomic mass is 9.84. The molecule has 1 atom stereocenters. The summed E-state index contributed by atoms with van der Waals surface area (Å²) in [4.78, 5) is 13.4. The summed E-state index contributed by atoms with van der Waals surface area (Å²) in [6.07, 6.45) is 5.03. The molecule has 0 bridgehead atoms. The summed E-state index contributed by atoms with van der Waals surface area (Å²) >= 11 is 0. The molecule has 0 aliphatic carbocycles. The number of rotatable bonds is 2. The molecule has 0 saturated carbocycles. The van der Waals surface area contributed by atoms with Gasteiger partial charge in [-0.3, -0.25) is 4.98 Å². The highest BCUT2D eigenvalue weighted by molar-refractivity contribution is 5.68. The number of ether oxygens (including phenoxy) is 1. The Labute approximate surface area is 171 Å². The average Bonchev–Trinajstić information content (AvgIpc) is 3.23. The first kappa shape index (κ1) is 16.7. The fourth-order valence-corrected chi connectivity index (χ4v) is 3.92. The number of phenolic OH excluding ortho intramolecular Hbond substituents is 1. The lowest BCUT2D eigenvalue weighted by molar-refractivity contribution is 0.422. The summed E-state index contributed by atoms with van der Waals surface area (Å²) in [5, 5.41) is 14.6. The number of aromatic hydroxyl groups is 1. The van der Waals surface area contributed by atoms with E-state index in [0.717, 1.165) is 22.3 Å². The second-order valence-electron chi connectivity index (χ2n) is 7.07. The number of fused-ring (bicyclic) bond motifs is 4. The highest BCUT2D eigenvalue weighted by Gasteiger charge is 2.33. The van der Waals surface area contributed by atoms with Gasteiger partial charge in [0.25, 0.3) is 0 Å². The molecule has 1 aliphatic rings. The van der Waals surface area contributed by atoms with Gasteiger partial charge in [-0.2, -0.15) is 0 Å². The smallest absolute Gasteiger partial charge is 0.228 e. The van der Waals surface area contributed by atoms with Crippen LogP contribution in [0.5, 0.6) is 17.4 Å². The third-order valence-electron chi connectivity index (χ3n) is 5.26. The van der Waals surface area contributed by atoms with Crippen LogP contribution in [0.4, 0.5) is 0 Å². The lowest BCUT2D eigenvalue weighted by Gasteiger charge is -2.27. The first-order chi connectivity index (χ1) is 14.8. The minimum Gasteiger partial charge on any atom is -0.508 e. The Hall–Kier alpha value is -4.26. The molecule has 0 fully saturated rings. The maximum absolute atomic E-state index is 9.96. The predicted octanol–water partition coefficient (Wildman–Crippen LogP) is 4.18. The number of pyridine rings is 1. The Morgan fingerprint density at radius 3 is 2.63 bits per heavy atom. The van der Waals surface area contributed by atoms with Gasteiger partial charge in [-0.15, -0.1) is 5.10 Å². The van der Waals surface area contributed by atoms with Gasteiger partial charge in [0.15, 0.2) is 11.5 Å². The van der Waals surface area contributed by atoms with Crippen LogP contribution in [0.2, 0.25) is 0 Å². The van der Waals surface area contributed by atoms with Crippen LogP contribution in [-0.2, 0) is 0 Å². The highest BCUT2D eigenvalue weighted by atomic mass is 16.5. The molecule has 7 nitrogen and oxygen atoms in total. The lowest BCUT2D eigenvalue weighted by Crippen LogP contribution is -2.14. The molecule has 5 aromatic rings. The van der Waals surface area contributed by atoms with Gasteiger partial charge in [0.1, 0.15) is 17.8 Å². The van der Waals surface area contributed by atoms with E-state index in [1.165, 1.54) is 0 Å². The largest absolute Gasteiger partial charge is 0.508 e. The Balaban J connectivity index is 1.63. The number of hydrogen-bond donors (Lipinski definition) is 1. The van der Waals surface area contributed by atoms with Gasteiger partial charge in [-0.05, 0) is 23.8 Å². The molecule has 4 heterocycles. The van der Waals surface area contributed by atoms with Crippen LogP contribution < -0.4 is 4.74 Å². The van der Waals surface area contributed by atoms with Crippen molar-refractivity contribution in [1.82, 2.24) is 24.6 Å². The van der Waals surface area contributed by atoms with Gasteiger partial charge >= 0.3 is 0 Å². The first-order valence-electron chi connectivity index (χ1n) is 9.49. The highest BCUT2D eigenvalue weighted by Crippen LogP contribution is 2.48. The predicted molar refractivity (Wildman–Crippen MR) is 110 cm³/mol. The SMILES string of the molecule is Oc1ccc2c(c1)Oc1ncn3nc(-c4ccncc4)nc3c1C2c1ccccc1. The van der Waals surface area contributed by atoms with E-state index in [2.05, 4.69) is 27.2 Å². The van der Waals surface area contributed by atoms with Crippen molar-refractivity contribution in [3.05, 3.63) is 96.1 Å². The summed E-state index contributed by atoms with van der Waals surface area (Å²) in [7, 11) is 0. The summed E-state index contributed by atoms with van der Waals surface area (Å²) in [6, 6.07) is 19.0. The van der Waals surface area contributed by atoms with E-state index in [1.807, 2.05) is 36.4 Å². The summed E-state index contributed by atoms with van der Waals surface area (Å²) in [5.74, 6) is 1.63. The van der Waals surface area contributed by atoms with E-state index in [1.54, 1.807) is 35.4 Å². The van der Waals surface area contributed by atoms with Crippen molar-refractivity contribution in [2.75, 3.05) is 0 Å². The second kappa shape index (κ2) is 6.38. The van der Waals surface area contributed by atoms with Crippen LogP contribution in [0, 0.1) is 0 Å². The van der Waals surface area contributed by atoms with Crippen LogP contribution in [-0.4, -0.2) is 29.7 Å². The number of aromatic nitrogens is 5. The van der Waals surface area contributed by atoms with Crippen LogP contribution in [0.25, 0.3) is 17.0 Å². The molecule has 1 N–H and O–H groups in total. The molecule has 6 rings (SSSR count). The summed E-state index contributed by atoms with van der Waals surface area (Å²) < 4.78 is 7.75. The van der Waals surface area contributed by atoms with E-state index < -0.39 is 0 Å². The Morgan fingerprint density at radius 1 is 0.967 bits per heavy atom. The molecule has 30 heavy (non-hydrogen) atoms. The van der Waals surface area contributed by atoms with Crippen molar-refractivity contribution in [2.24, 2.45) is 0 Å². The summed E-state index contributed by atoms with van der Waals surface area (Å²) in [5.41, 5.74) is 4.42. The number of benzene rings is 2. The normalized spacial score (nSPS) is 14.7. The summed E-state index contributed by atoms with van der Waals surface area (Å²) in [6.45, 7) is 0. The third-order valence-corrected chi connectivity index (χ3v) is 5.26. The molecule has 0 saturated heterocycles. The van der Waals surface area contributed by atoms with Crippen molar-refractivity contribution in [2.45, 2.75) is 5.92 Å². The van der Waals surface area contributed by atoms with Crippen LogP contribution in [0.3, 0.4) is 0 Å². The van der Waals surface area contributed by atoms with Crippen molar-refractivity contribution in [1.29, 1.82) is 0 Å². The van der Waals surface area contributed by atoms with E-state index in [0.29, 0.717) is 23.1 Å². The maximum Gasteiger partial charge on any atom is 0.228 e. The molecule has 144 valence electrons. The molecule has 0 radical (unpaired) electrons. The topological polar surface area (TPSA) is 85.4 Å². The average molecular weight is 393 g/mol. The Kier molecular flexibility index (Phi) is 3.55. The zero-order valence-corrected chi connectivity index (χ0v) is 15.7. The van der Waals surface area contributed by atoms with E-state index >= 15 is 0 Å². The van der Waals surface area contributed by atoms with Gasteiger partial charge in [-0.1, -0.05) is 36.4 Å². The van der Waals surface area contributed by atoms with Crippen LogP contribution in [0.15, 0.2) is 79.4 Å². The van der Waals surface area contributed by atoms with Gasteiger partial charge in [0.2, 0.25) is 5.88 Å². The van der Waals surface area contributed by atoms with Gasteiger partial charge in [0.05, 0.1) is 5.56 Å². The molecule has 2 aromatic carbocycles. The number of hydrogen-bond acceptors (Lipinski definition) is 6. The van der Waals surface area contributed by atoms with Crippen LogP contribution >= 0.6 is 0 Å². The molecule has 0 spiro atoms.